The molecule has 17 heavy (non-hydrogen) atoms. The van der Waals surface area contributed by atoms with Gasteiger partial charge in [0, 0.05) is 31.0 Å². The third kappa shape index (κ3) is 2.50. The molecule has 0 radical (unpaired) electrons. The lowest BCUT2D eigenvalue weighted by Gasteiger charge is -2.30. The average molecular weight is 237 g/mol. The van der Waals surface area contributed by atoms with E-state index in [1.165, 1.54) is 0 Å². The van der Waals surface area contributed by atoms with Gasteiger partial charge in [0.2, 0.25) is 11.8 Å². The molecule has 2 aliphatic heterocycles. The number of rotatable bonds is 3. The van der Waals surface area contributed by atoms with E-state index in [1.807, 2.05) is 0 Å². The van der Waals surface area contributed by atoms with Crippen LogP contribution in [0, 0.1) is 5.92 Å². The van der Waals surface area contributed by atoms with Crippen molar-refractivity contribution < 1.29 is 9.59 Å². The molecule has 2 saturated heterocycles. The fourth-order valence-corrected chi connectivity index (χ4v) is 2.44. The Labute approximate surface area is 98.8 Å². The van der Waals surface area contributed by atoms with Crippen LogP contribution in [-0.2, 0) is 9.59 Å². The molecule has 0 spiro atoms. The first-order chi connectivity index (χ1) is 8.22. The van der Waals surface area contributed by atoms with E-state index in [-0.39, 0.29) is 23.8 Å². The highest BCUT2D eigenvalue weighted by atomic mass is 16.2. The van der Waals surface area contributed by atoms with Gasteiger partial charge in [0.05, 0.1) is 0 Å². The summed E-state index contributed by atoms with van der Waals surface area (Å²) in [6.07, 6.45) is 2.01. The van der Waals surface area contributed by atoms with Crippen molar-refractivity contribution in [3.05, 3.63) is 10.4 Å². The largest absolute Gasteiger partial charge is 0.354 e. The van der Waals surface area contributed by atoms with Crippen LogP contribution < -0.4 is 5.32 Å². The van der Waals surface area contributed by atoms with Crippen molar-refractivity contribution in [1.29, 1.82) is 0 Å². The smallest absolute Gasteiger partial charge is 0.242 e. The van der Waals surface area contributed by atoms with Crippen molar-refractivity contribution in [2.75, 3.05) is 19.6 Å². The Balaban J connectivity index is 1.99. The normalized spacial score (nSPS) is 28.8. The van der Waals surface area contributed by atoms with Gasteiger partial charge in [-0.05, 0) is 24.3 Å². The number of piperidine rings is 1. The molecule has 0 bridgehead atoms. The van der Waals surface area contributed by atoms with Gasteiger partial charge in [-0.3, -0.25) is 9.59 Å². The number of azide groups is 1. The van der Waals surface area contributed by atoms with E-state index in [2.05, 4.69) is 15.3 Å². The second-order valence-corrected chi connectivity index (χ2v) is 4.48. The standard InChI is InChI=1S/C10H15N5O2/c11-14-13-5-7-4-9(16)15(6-7)8-2-1-3-12-10(8)17/h7-8H,1-6H2,(H,12,17). The Morgan fingerprint density at radius 1 is 1.53 bits per heavy atom. The SMILES string of the molecule is [N-]=[N+]=NCC1CC(=O)N(C2CCCNC2=O)C1. The van der Waals surface area contributed by atoms with Crippen molar-refractivity contribution in [1.82, 2.24) is 10.2 Å². The number of nitrogens with one attached hydrogen (secondary N) is 1. The fourth-order valence-electron chi connectivity index (χ4n) is 2.44. The van der Waals surface area contributed by atoms with E-state index >= 15 is 0 Å². The zero-order valence-corrected chi connectivity index (χ0v) is 9.50. The van der Waals surface area contributed by atoms with Crippen LogP contribution in [0.25, 0.3) is 10.4 Å². The average Bonchev–Trinajstić information content (AvgIpc) is 2.68. The van der Waals surface area contributed by atoms with E-state index in [1.54, 1.807) is 4.90 Å². The Bertz CT molecular complexity index is 377. The molecule has 0 aliphatic carbocycles. The molecule has 1 N–H and O–H groups in total. The van der Waals surface area contributed by atoms with Crippen molar-refractivity contribution in [3.8, 4) is 0 Å². The summed E-state index contributed by atoms with van der Waals surface area (Å²) < 4.78 is 0. The summed E-state index contributed by atoms with van der Waals surface area (Å²) in [5, 5.41) is 6.26. The van der Waals surface area contributed by atoms with Gasteiger partial charge >= 0.3 is 0 Å². The van der Waals surface area contributed by atoms with Crippen LogP contribution in [-0.4, -0.2) is 42.4 Å². The molecule has 2 rings (SSSR count). The van der Waals surface area contributed by atoms with Gasteiger partial charge in [-0.1, -0.05) is 5.11 Å². The number of carbonyl (C=O) groups is 2. The minimum absolute atomic E-state index is 0.00908. The second kappa shape index (κ2) is 5.05. The number of carbonyl (C=O) groups excluding carboxylic acids is 2. The number of hydrogen-bond donors (Lipinski definition) is 1. The van der Waals surface area contributed by atoms with Crippen LogP contribution in [0.4, 0.5) is 0 Å². The zero-order chi connectivity index (χ0) is 12.3. The predicted octanol–water partition coefficient (Wildman–Crippen LogP) is 0.424. The van der Waals surface area contributed by atoms with Crippen molar-refractivity contribution in [2.45, 2.75) is 25.3 Å². The molecule has 2 heterocycles. The van der Waals surface area contributed by atoms with E-state index in [9.17, 15) is 9.59 Å². The Morgan fingerprint density at radius 3 is 3.06 bits per heavy atom. The molecule has 7 heteroatoms. The molecule has 0 aromatic heterocycles. The number of hydrogen-bond acceptors (Lipinski definition) is 3. The summed E-state index contributed by atoms with van der Waals surface area (Å²) >= 11 is 0. The van der Waals surface area contributed by atoms with Gasteiger partial charge in [0.25, 0.3) is 0 Å². The quantitative estimate of drug-likeness (QED) is 0.437. The topological polar surface area (TPSA) is 98.2 Å². The van der Waals surface area contributed by atoms with E-state index < -0.39 is 0 Å². The molecule has 92 valence electrons. The highest BCUT2D eigenvalue weighted by Crippen LogP contribution is 2.23. The van der Waals surface area contributed by atoms with Crippen LogP contribution in [0.3, 0.4) is 0 Å². The van der Waals surface area contributed by atoms with Crippen molar-refractivity contribution in [2.24, 2.45) is 11.0 Å². The lowest BCUT2D eigenvalue weighted by atomic mass is 10.1. The van der Waals surface area contributed by atoms with Crippen LogP contribution in [0.5, 0.6) is 0 Å². The predicted molar refractivity (Wildman–Crippen MR) is 59.9 cm³/mol. The maximum atomic E-state index is 11.8. The zero-order valence-electron chi connectivity index (χ0n) is 9.50. The third-order valence-electron chi connectivity index (χ3n) is 3.27. The van der Waals surface area contributed by atoms with Crippen LogP contribution in [0.1, 0.15) is 19.3 Å². The fraction of sp³-hybridized carbons (Fsp3) is 0.800. The first kappa shape index (κ1) is 11.7. The summed E-state index contributed by atoms with van der Waals surface area (Å²) in [6, 6.07) is -0.327. The summed E-state index contributed by atoms with van der Waals surface area (Å²) in [7, 11) is 0. The van der Waals surface area contributed by atoms with Gasteiger partial charge in [0.1, 0.15) is 6.04 Å². The van der Waals surface area contributed by atoms with Gasteiger partial charge in [-0.15, -0.1) is 0 Å². The van der Waals surface area contributed by atoms with Gasteiger partial charge in [-0.25, -0.2) is 0 Å². The minimum Gasteiger partial charge on any atom is -0.354 e. The van der Waals surface area contributed by atoms with Crippen LogP contribution in [0.15, 0.2) is 5.11 Å². The molecule has 0 aromatic rings. The Hall–Kier alpha value is -1.75. The molecule has 7 nitrogen and oxygen atoms in total. The molecule has 2 amide bonds. The van der Waals surface area contributed by atoms with Gasteiger partial charge in [-0.2, -0.15) is 0 Å². The summed E-state index contributed by atoms with van der Waals surface area (Å²) in [6.45, 7) is 1.54. The third-order valence-corrected chi connectivity index (χ3v) is 3.27. The van der Waals surface area contributed by atoms with E-state index in [0.717, 1.165) is 12.8 Å². The highest BCUT2D eigenvalue weighted by Gasteiger charge is 2.37. The molecule has 0 aromatic carbocycles. The Morgan fingerprint density at radius 2 is 2.35 bits per heavy atom. The molecular formula is C10H15N5O2. The van der Waals surface area contributed by atoms with Crippen molar-refractivity contribution >= 4 is 11.8 Å². The van der Waals surface area contributed by atoms with E-state index in [0.29, 0.717) is 26.1 Å². The molecule has 0 saturated carbocycles. The lowest BCUT2D eigenvalue weighted by molar-refractivity contribution is -0.138. The highest BCUT2D eigenvalue weighted by molar-refractivity contribution is 5.89. The summed E-state index contributed by atoms with van der Waals surface area (Å²) in [5.74, 6) is -0.0210. The maximum Gasteiger partial charge on any atom is 0.242 e. The van der Waals surface area contributed by atoms with Crippen LogP contribution >= 0.6 is 0 Å². The Kier molecular flexibility index (Phi) is 3.49. The second-order valence-electron chi connectivity index (χ2n) is 4.48. The van der Waals surface area contributed by atoms with E-state index in [4.69, 9.17) is 5.53 Å². The number of nitrogens with zero attached hydrogens (tertiary/aromatic N) is 4. The molecule has 2 atom stereocenters. The molecule has 2 fully saturated rings. The van der Waals surface area contributed by atoms with Gasteiger partial charge in [0.15, 0.2) is 0 Å². The molecular weight excluding hydrogens is 222 g/mol. The number of likely N-dealkylation sites (tertiary alicyclic amines) is 1. The summed E-state index contributed by atoms with van der Waals surface area (Å²) in [5.41, 5.74) is 8.24. The molecule has 2 unspecified atom stereocenters. The minimum atomic E-state index is -0.327. The number of amides is 2. The van der Waals surface area contributed by atoms with Crippen LogP contribution in [0.2, 0.25) is 0 Å². The van der Waals surface area contributed by atoms with Gasteiger partial charge < -0.3 is 10.2 Å². The summed E-state index contributed by atoms with van der Waals surface area (Å²) in [4.78, 5) is 27.8. The molecule has 2 aliphatic rings. The first-order valence-corrected chi connectivity index (χ1v) is 5.80. The first-order valence-electron chi connectivity index (χ1n) is 5.80. The van der Waals surface area contributed by atoms with Crippen molar-refractivity contribution in [3.63, 3.8) is 0 Å². The lowest BCUT2D eigenvalue weighted by Crippen LogP contribution is -2.51. The maximum absolute atomic E-state index is 11.8. The monoisotopic (exact) mass is 237 g/mol.